The van der Waals surface area contributed by atoms with Gasteiger partial charge in [-0.05, 0) is 38.8 Å². The summed E-state index contributed by atoms with van der Waals surface area (Å²) < 4.78 is 28.2. The molecule has 1 fully saturated rings. The number of carbonyl (C=O) groups is 1. The molecule has 0 spiro atoms. The van der Waals surface area contributed by atoms with Gasteiger partial charge in [-0.2, -0.15) is 9.40 Å². The molecule has 1 aliphatic heterocycles. The summed E-state index contributed by atoms with van der Waals surface area (Å²) >= 11 is 1.26. The van der Waals surface area contributed by atoms with Crippen LogP contribution in [0.4, 0.5) is 5.69 Å². The molecule has 1 saturated heterocycles. The summed E-state index contributed by atoms with van der Waals surface area (Å²) in [5.74, 6) is 0.0219. The van der Waals surface area contributed by atoms with E-state index in [1.165, 1.54) is 22.3 Å². The maximum atomic E-state index is 12.5. The Balaban J connectivity index is 1.59. The number of anilines is 1. The van der Waals surface area contributed by atoms with E-state index < -0.39 is 10.0 Å². The molecule has 0 bridgehead atoms. The molecule has 0 saturated carbocycles. The van der Waals surface area contributed by atoms with E-state index in [2.05, 4.69) is 15.4 Å². The van der Waals surface area contributed by atoms with Gasteiger partial charge in [-0.3, -0.25) is 9.48 Å². The Morgan fingerprint density at radius 1 is 1.26 bits per heavy atom. The number of carbonyl (C=O) groups excluding carboxylic acids is 1. The lowest BCUT2D eigenvalue weighted by molar-refractivity contribution is -0.113. The molecule has 1 N–H and O–H groups in total. The number of hydrogen-bond acceptors (Lipinski definition) is 6. The Bertz CT molecular complexity index is 932. The van der Waals surface area contributed by atoms with Gasteiger partial charge in [0.15, 0.2) is 0 Å². The fraction of sp³-hybridized carbons (Fsp3) is 0.471. The second-order valence-electron chi connectivity index (χ2n) is 6.45. The molecule has 2 aromatic heterocycles. The summed E-state index contributed by atoms with van der Waals surface area (Å²) in [5, 5.41) is 7.74. The molecule has 3 rings (SSSR count). The molecular formula is C17H23N5O3S2. The zero-order valence-corrected chi connectivity index (χ0v) is 17.2. The monoisotopic (exact) mass is 409 g/mol. The van der Waals surface area contributed by atoms with Crippen LogP contribution in [0.15, 0.2) is 28.3 Å². The van der Waals surface area contributed by atoms with Crippen molar-refractivity contribution in [3.8, 4) is 0 Å². The van der Waals surface area contributed by atoms with Crippen LogP contribution in [0.3, 0.4) is 0 Å². The minimum atomic E-state index is -3.46. The Morgan fingerprint density at radius 3 is 2.52 bits per heavy atom. The molecule has 1 aliphatic rings. The van der Waals surface area contributed by atoms with Crippen LogP contribution in [0.1, 0.15) is 24.2 Å². The van der Waals surface area contributed by atoms with Crippen molar-refractivity contribution < 1.29 is 13.2 Å². The Labute approximate surface area is 163 Å². The summed E-state index contributed by atoms with van der Waals surface area (Å²) in [6.07, 6.45) is 3.15. The second kappa shape index (κ2) is 7.99. The highest BCUT2D eigenvalue weighted by atomic mass is 32.2. The van der Waals surface area contributed by atoms with Gasteiger partial charge in [0.1, 0.15) is 4.90 Å². The number of aromatic nitrogens is 3. The smallest absolute Gasteiger partial charge is 0.244 e. The SMILES string of the molecule is Cc1nn(C)c(C)c1NC(=O)CSc1ccc(S(=O)(=O)N2CCCC2)cn1. The van der Waals surface area contributed by atoms with Gasteiger partial charge in [0.25, 0.3) is 0 Å². The number of aryl methyl sites for hydroxylation is 2. The average molecular weight is 410 g/mol. The third-order valence-electron chi connectivity index (χ3n) is 4.54. The number of nitrogens with one attached hydrogen (secondary N) is 1. The summed E-state index contributed by atoms with van der Waals surface area (Å²) in [4.78, 5) is 16.6. The third-order valence-corrected chi connectivity index (χ3v) is 7.36. The van der Waals surface area contributed by atoms with Crippen molar-refractivity contribution in [1.29, 1.82) is 0 Å². The van der Waals surface area contributed by atoms with E-state index in [1.54, 1.807) is 16.8 Å². The zero-order chi connectivity index (χ0) is 19.6. The molecule has 2 aromatic rings. The molecule has 146 valence electrons. The molecule has 0 atom stereocenters. The van der Waals surface area contributed by atoms with Gasteiger partial charge >= 0.3 is 0 Å². The van der Waals surface area contributed by atoms with Crippen molar-refractivity contribution in [2.75, 3.05) is 24.2 Å². The van der Waals surface area contributed by atoms with Crippen LogP contribution in [0.25, 0.3) is 0 Å². The van der Waals surface area contributed by atoms with Crippen LogP contribution in [0.2, 0.25) is 0 Å². The molecule has 0 unspecified atom stereocenters. The van der Waals surface area contributed by atoms with Crippen LogP contribution in [-0.2, 0) is 21.9 Å². The molecule has 0 aliphatic carbocycles. The van der Waals surface area contributed by atoms with Gasteiger partial charge in [0.2, 0.25) is 15.9 Å². The number of pyridine rings is 1. The van der Waals surface area contributed by atoms with Crippen molar-refractivity contribution in [2.24, 2.45) is 7.05 Å². The first kappa shape index (κ1) is 19.8. The lowest BCUT2D eigenvalue weighted by Gasteiger charge is -2.15. The number of amides is 1. The van der Waals surface area contributed by atoms with E-state index >= 15 is 0 Å². The lowest BCUT2D eigenvalue weighted by atomic mass is 10.3. The highest BCUT2D eigenvalue weighted by Gasteiger charge is 2.27. The minimum absolute atomic E-state index is 0.158. The first-order chi connectivity index (χ1) is 12.8. The number of sulfonamides is 1. The number of nitrogens with zero attached hydrogens (tertiary/aromatic N) is 4. The molecular weight excluding hydrogens is 386 g/mol. The first-order valence-corrected chi connectivity index (χ1v) is 11.1. The van der Waals surface area contributed by atoms with Gasteiger partial charge in [-0.15, -0.1) is 0 Å². The normalized spacial score (nSPS) is 15.2. The molecule has 8 nitrogen and oxygen atoms in total. The van der Waals surface area contributed by atoms with E-state index in [4.69, 9.17) is 0 Å². The third kappa shape index (κ3) is 4.33. The Kier molecular flexibility index (Phi) is 5.87. The number of thioether (sulfide) groups is 1. The topological polar surface area (TPSA) is 97.2 Å². The zero-order valence-electron chi connectivity index (χ0n) is 15.6. The molecule has 0 aromatic carbocycles. The summed E-state index contributed by atoms with van der Waals surface area (Å²) in [7, 11) is -1.63. The van der Waals surface area contributed by atoms with E-state index in [0.717, 1.165) is 29.9 Å². The van der Waals surface area contributed by atoms with Crippen molar-refractivity contribution in [1.82, 2.24) is 19.1 Å². The molecule has 27 heavy (non-hydrogen) atoms. The van der Waals surface area contributed by atoms with Crippen LogP contribution in [0.5, 0.6) is 0 Å². The maximum Gasteiger partial charge on any atom is 0.244 e. The largest absolute Gasteiger partial charge is 0.322 e. The summed E-state index contributed by atoms with van der Waals surface area (Å²) in [5.41, 5.74) is 2.38. The number of hydrogen-bond donors (Lipinski definition) is 1. The lowest BCUT2D eigenvalue weighted by Crippen LogP contribution is -2.27. The molecule has 3 heterocycles. The first-order valence-electron chi connectivity index (χ1n) is 8.68. The van der Waals surface area contributed by atoms with Gasteiger partial charge in [-0.25, -0.2) is 13.4 Å². The standard InChI is InChI=1S/C17H23N5O3S2/c1-12-17(13(2)21(3)20-12)19-15(23)11-26-16-7-6-14(10-18-16)27(24,25)22-8-4-5-9-22/h6-7,10H,4-5,8-9,11H2,1-3H3,(H,19,23). The Morgan fingerprint density at radius 2 is 1.96 bits per heavy atom. The minimum Gasteiger partial charge on any atom is -0.322 e. The van der Waals surface area contributed by atoms with Crippen LogP contribution >= 0.6 is 11.8 Å². The van der Waals surface area contributed by atoms with Gasteiger partial charge in [-0.1, -0.05) is 11.8 Å². The highest BCUT2D eigenvalue weighted by molar-refractivity contribution is 7.99. The highest BCUT2D eigenvalue weighted by Crippen LogP contribution is 2.23. The molecule has 1 amide bonds. The van der Waals surface area contributed by atoms with Crippen molar-refractivity contribution in [2.45, 2.75) is 36.6 Å². The summed E-state index contributed by atoms with van der Waals surface area (Å²) in [6, 6.07) is 3.19. The fourth-order valence-electron chi connectivity index (χ4n) is 2.95. The van der Waals surface area contributed by atoms with E-state index in [-0.39, 0.29) is 16.6 Å². The van der Waals surface area contributed by atoms with Crippen molar-refractivity contribution in [3.05, 3.63) is 29.7 Å². The van der Waals surface area contributed by atoms with E-state index in [9.17, 15) is 13.2 Å². The van der Waals surface area contributed by atoms with Gasteiger partial charge < -0.3 is 5.32 Å². The van der Waals surface area contributed by atoms with Gasteiger partial charge in [0.05, 0.1) is 27.9 Å². The van der Waals surface area contributed by atoms with Crippen molar-refractivity contribution in [3.63, 3.8) is 0 Å². The van der Waals surface area contributed by atoms with Crippen molar-refractivity contribution >= 4 is 33.4 Å². The predicted octanol–water partition coefficient (Wildman–Crippen LogP) is 1.95. The number of rotatable bonds is 6. The average Bonchev–Trinajstić information content (AvgIpc) is 3.26. The second-order valence-corrected chi connectivity index (χ2v) is 9.38. The molecule has 0 radical (unpaired) electrons. The van der Waals surface area contributed by atoms with Gasteiger partial charge in [0, 0.05) is 26.3 Å². The van der Waals surface area contributed by atoms with Crippen LogP contribution in [-0.4, -0.2) is 52.2 Å². The van der Waals surface area contributed by atoms with Crippen LogP contribution in [0, 0.1) is 13.8 Å². The maximum absolute atomic E-state index is 12.5. The van der Waals surface area contributed by atoms with E-state index in [0.29, 0.717) is 18.1 Å². The summed E-state index contributed by atoms with van der Waals surface area (Å²) in [6.45, 7) is 4.86. The van der Waals surface area contributed by atoms with E-state index in [1.807, 2.05) is 20.9 Å². The quantitative estimate of drug-likeness (QED) is 0.733. The molecule has 10 heteroatoms. The van der Waals surface area contributed by atoms with Crippen LogP contribution < -0.4 is 5.32 Å². The Hall–Kier alpha value is -1.91. The fourth-order valence-corrected chi connectivity index (χ4v) is 5.06. The predicted molar refractivity (Wildman–Crippen MR) is 104 cm³/mol.